The number of alkyl carbamates (subject to hydrolysis) is 1. The molecule has 33 nitrogen and oxygen atoms in total. The fourth-order valence-corrected chi connectivity index (χ4v) is 6.69. The molecule has 3 rings (SSSR count). The van der Waals surface area contributed by atoms with E-state index in [1.165, 1.54) is 6.92 Å². The van der Waals surface area contributed by atoms with Gasteiger partial charge in [-0.1, -0.05) is 104 Å². The summed E-state index contributed by atoms with van der Waals surface area (Å²) >= 11 is 0. The molecule has 85 heavy (non-hydrogen) atoms. The molecule has 4 unspecified atom stereocenters. The number of carbonyl (C=O) groups excluding carboxylic acids is 4. The first kappa shape index (κ1) is 75.0. The van der Waals surface area contributed by atoms with E-state index in [1.54, 1.807) is 60.7 Å². The predicted molar refractivity (Wildman–Crippen MR) is 293 cm³/mol. The zero-order valence-corrected chi connectivity index (χ0v) is 46.5. The molecule has 4 amide bonds. The predicted octanol–water partition coefficient (Wildman–Crippen LogP) is 4.49. The van der Waals surface area contributed by atoms with Crippen LogP contribution in [0.4, 0.5) is 4.79 Å². The van der Waals surface area contributed by atoms with Crippen LogP contribution >= 0.6 is 0 Å². The van der Waals surface area contributed by atoms with E-state index in [0.717, 1.165) is 29.5 Å². The second-order valence-electron chi connectivity index (χ2n) is 17.8. The third kappa shape index (κ3) is 44.4. The highest BCUT2D eigenvalue weighted by molar-refractivity contribution is 5.85. The molecule has 4 atom stereocenters. The molecule has 0 saturated heterocycles. The lowest BCUT2D eigenvalue weighted by molar-refractivity contribution is -0.757. The van der Waals surface area contributed by atoms with Gasteiger partial charge in [-0.3, -0.25) is 19.2 Å². The van der Waals surface area contributed by atoms with Crippen molar-refractivity contribution in [3.05, 3.63) is 148 Å². The summed E-state index contributed by atoms with van der Waals surface area (Å²) in [6.45, 7) is 1.29. The molecule has 470 valence electrons. The van der Waals surface area contributed by atoms with Gasteiger partial charge < -0.3 is 65.8 Å². The van der Waals surface area contributed by atoms with Gasteiger partial charge in [0, 0.05) is 38.5 Å². The summed E-state index contributed by atoms with van der Waals surface area (Å²) in [5, 5.41) is 81.5. The lowest BCUT2D eigenvalue weighted by Gasteiger charge is -2.14. The summed E-state index contributed by atoms with van der Waals surface area (Å²) < 4.78 is 4.75. The lowest BCUT2D eigenvalue weighted by Crippen LogP contribution is -2.42. The molecule has 0 aliphatic heterocycles. The van der Waals surface area contributed by atoms with Gasteiger partial charge in [-0.15, -0.1) is 40.5 Å². The molecule has 8 N–H and O–H groups in total. The van der Waals surface area contributed by atoms with Crippen molar-refractivity contribution in [2.45, 2.75) is 134 Å². The Hall–Kier alpha value is -9.98. The number of carboxylic acids is 4. The van der Waals surface area contributed by atoms with E-state index in [-0.39, 0.29) is 83.9 Å². The Morgan fingerprint density at radius 3 is 0.965 bits per heavy atom. The van der Waals surface area contributed by atoms with Crippen molar-refractivity contribution in [3.8, 4) is 0 Å². The number of ether oxygens (including phenoxy) is 1. The zero-order chi connectivity index (χ0) is 63.8. The number of carboxylic acid groups (broad SMARTS) is 4. The number of carbonyl (C=O) groups is 8. The molecule has 3 aromatic rings. The number of nitrogens with one attached hydrogen (secondary N) is 4. The number of hydrogen-bond donors (Lipinski definition) is 8. The Morgan fingerprint density at radius 2 is 0.659 bits per heavy atom. The maximum absolute atomic E-state index is 11.8. The number of hydrogen-bond acceptors (Lipinski definition) is 21. The van der Waals surface area contributed by atoms with Crippen molar-refractivity contribution < 1.29 is 103 Å². The molecular weight excluding hydrogens is 1140 g/mol. The van der Waals surface area contributed by atoms with Gasteiger partial charge in [0.2, 0.25) is 17.7 Å². The van der Waals surface area contributed by atoms with Crippen molar-refractivity contribution in [2.24, 2.45) is 0 Å². The molecule has 33 heteroatoms. The summed E-state index contributed by atoms with van der Waals surface area (Å²) in [6.07, 6.45) is 5.16. The van der Waals surface area contributed by atoms with Crippen LogP contribution in [-0.4, -0.2) is 146 Å². The van der Waals surface area contributed by atoms with Crippen LogP contribution in [0.3, 0.4) is 0 Å². The summed E-state index contributed by atoms with van der Waals surface area (Å²) in [6, 6.07) is 23.0. The maximum Gasteiger partial charge on any atom is 0.407 e. The third-order valence-corrected chi connectivity index (χ3v) is 10.9. The molecule has 0 aliphatic carbocycles. The molecular formula is C52H72N8O25. The topological polar surface area (TPSA) is 484 Å². The smallest absolute Gasteiger partial charge is 0.407 e. The Morgan fingerprint density at radius 1 is 0.388 bits per heavy atom. The molecule has 0 aromatic heterocycles. The lowest BCUT2D eigenvalue weighted by atomic mass is 10.1. The van der Waals surface area contributed by atoms with E-state index in [1.807, 2.05) is 30.3 Å². The number of benzene rings is 3. The highest BCUT2D eigenvalue weighted by Crippen LogP contribution is 2.09. The highest BCUT2D eigenvalue weighted by Gasteiger charge is 2.23. The monoisotopic (exact) mass is 1210 g/mol. The second kappa shape index (κ2) is 46.6. The highest BCUT2D eigenvalue weighted by atomic mass is 17.0. The second-order valence-corrected chi connectivity index (χ2v) is 17.8. The van der Waals surface area contributed by atoms with E-state index in [2.05, 4.69) is 40.6 Å². The normalized spacial score (nSPS) is 11.4. The molecule has 0 radical (unpaired) electrons. The van der Waals surface area contributed by atoms with Gasteiger partial charge in [0.1, 0.15) is 24.2 Å². The van der Waals surface area contributed by atoms with Gasteiger partial charge >= 0.3 is 30.0 Å². The summed E-state index contributed by atoms with van der Waals surface area (Å²) in [4.78, 5) is 146. The van der Waals surface area contributed by atoms with Crippen LogP contribution in [0.25, 0.3) is 0 Å². The fourth-order valence-electron chi connectivity index (χ4n) is 6.69. The van der Waals surface area contributed by atoms with E-state index >= 15 is 0 Å². The van der Waals surface area contributed by atoms with E-state index in [9.17, 15) is 83.9 Å². The average Bonchev–Trinajstić information content (AvgIpc) is 3.51. The number of aliphatic carboxylic acids is 4. The van der Waals surface area contributed by atoms with E-state index in [4.69, 9.17) is 20.1 Å². The third-order valence-electron chi connectivity index (χ3n) is 10.9. The SMILES string of the molecule is CC(NC(=O)OCCCCCCO[N+](=O)[O-])C(=O)O.O=C(CCCCCO[N+](=O)[O-])NC(Cc1ccccc1)C(=O)O.O=C(CCCCO[N+](=O)[O-])NC(Cc1ccccc1)C(=O)O.O=C(CCCO[N+](=O)[O-])NC(Cc1ccccc1)C(=O)O. The summed E-state index contributed by atoms with van der Waals surface area (Å²) in [5.74, 6) is -5.68. The van der Waals surface area contributed by atoms with Crippen molar-refractivity contribution in [3.63, 3.8) is 0 Å². The minimum Gasteiger partial charge on any atom is -0.480 e. The van der Waals surface area contributed by atoms with Crippen molar-refractivity contribution in [1.29, 1.82) is 0 Å². The maximum atomic E-state index is 11.8. The molecule has 0 heterocycles. The van der Waals surface area contributed by atoms with Crippen LogP contribution in [0.5, 0.6) is 0 Å². The first-order valence-corrected chi connectivity index (χ1v) is 26.3. The minimum absolute atomic E-state index is 0.000374. The molecule has 0 saturated carbocycles. The van der Waals surface area contributed by atoms with Crippen molar-refractivity contribution in [2.75, 3.05) is 33.0 Å². The Bertz CT molecular complexity index is 2500. The van der Waals surface area contributed by atoms with Crippen LogP contribution in [-0.2, 0) is 76.9 Å². The van der Waals surface area contributed by atoms with Crippen LogP contribution in [0.2, 0.25) is 0 Å². The molecule has 0 aliphatic rings. The van der Waals surface area contributed by atoms with Crippen molar-refractivity contribution >= 4 is 47.7 Å². The largest absolute Gasteiger partial charge is 0.480 e. The molecule has 0 bridgehead atoms. The first-order valence-electron chi connectivity index (χ1n) is 26.3. The Kier molecular flexibility index (Phi) is 41.1. The summed E-state index contributed by atoms with van der Waals surface area (Å²) in [5.41, 5.74) is 2.44. The molecule has 0 spiro atoms. The number of unbranched alkanes of at least 4 members (excludes halogenated alkanes) is 6. The molecule has 0 fully saturated rings. The zero-order valence-electron chi connectivity index (χ0n) is 46.5. The van der Waals surface area contributed by atoms with E-state index < -0.39 is 86.3 Å². The van der Waals surface area contributed by atoms with E-state index in [0.29, 0.717) is 44.9 Å². The van der Waals surface area contributed by atoms with Gasteiger partial charge in [-0.2, -0.15) is 0 Å². The van der Waals surface area contributed by atoms with Crippen LogP contribution in [0, 0.1) is 40.5 Å². The number of amides is 4. The van der Waals surface area contributed by atoms with Gasteiger partial charge in [0.25, 0.3) is 20.3 Å². The standard InChI is InChI=1S/C15H20N2O6.C14H18N2O6.C13H16N2O6.C10H18N2O7/c18-14(9-5-2-6-10-23-17(21)22)16-13(15(19)20)11-12-7-3-1-4-8-12;17-13(8-4-5-9-22-16(20)21)15-12(14(18)19)10-11-6-2-1-3-7-11;16-12(7-4-8-21-15(19)20)14-11(13(17)18)9-10-5-2-1-3-6-10;1-8(9(13)14)11-10(15)18-6-4-2-3-5-7-19-12(16)17/h1,3-4,7-8,13H,2,5-6,9-11H2,(H,16,18)(H,19,20);1-3,6-7,12H,4-5,8-10H2,(H,15,17)(H,18,19);1-3,5-6,11H,4,7-9H2,(H,14,16)(H,17,18);8H,2-7H2,1H3,(H,11,15)(H,13,14). The van der Waals surface area contributed by atoms with Crippen molar-refractivity contribution in [1.82, 2.24) is 21.3 Å². The van der Waals surface area contributed by atoms with Gasteiger partial charge in [0.15, 0.2) is 0 Å². The minimum atomic E-state index is -1.14. The Balaban J connectivity index is 0.00000111. The number of rotatable bonds is 40. The first-order chi connectivity index (χ1) is 40.4. The quantitative estimate of drug-likeness (QED) is 0.0221. The number of nitrogens with zero attached hydrogens (tertiary/aromatic N) is 4. The summed E-state index contributed by atoms with van der Waals surface area (Å²) in [7, 11) is 0. The Labute approximate surface area is 486 Å². The van der Waals surface area contributed by atoms with Gasteiger partial charge in [-0.25, -0.2) is 19.2 Å². The van der Waals surface area contributed by atoms with Gasteiger partial charge in [0.05, 0.1) is 33.0 Å². The molecule has 3 aromatic carbocycles. The fraction of sp³-hybridized carbons (Fsp3) is 0.500. The van der Waals surface area contributed by atoms with Gasteiger partial charge in [-0.05, 0) is 75.0 Å². The van der Waals surface area contributed by atoms with Crippen LogP contribution in [0.15, 0.2) is 91.0 Å². The van der Waals surface area contributed by atoms with Crippen LogP contribution < -0.4 is 21.3 Å². The van der Waals surface area contributed by atoms with Crippen LogP contribution in [0.1, 0.15) is 107 Å². The average molecular weight is 1210 g/mol.